The number of rotatable bonds is 3. The van der Waals surface area contributed by atoms with Gasteiger partial charge in [0.25, 0.3) is 5.91 Å². The zero-order valence-corrected chi connectivity index (χ0v) is 5.87. The van der Waals surface area contributed by atoms with E-state index in [1.807, 2.05) is 5.32 Å². The van der Waals surface area contributed by atoms with Crippen molar-refractivity contribution in [2.45, 2.75) is 6.92 Å². The van der Waals surface area contributed by atoms with Gasteiger partial charge in [0.15, 0.2) is 0 Å². The Bertz CT molecular complexity index is 199. The lowest BCUT2D eigenvalue weighted by Gasteiger charge is -1.97. The molecule has 0 rings (SSSR count). The Hall–Kier alpha value is -1.59. The SMILES string of the molecule is CC(=NO)C(=O)NCC(=O)O. The molecule has 0 aliphatic rings. The molecule has 3 N–H and O–H groups in total. The van der Waals surface area contributed by atoms with E-state index < -0.39 is 18.4 Å². The molecule has 0 fully saturated rings. The molecule has 0 radical (unpaired) electrons. The highest BCUT2D eigenvalue weighted by Crippen LogP contribution is 1.74. The Morgan fingerprint density at radius 3 is 2.45 bits per heavy atom. The van der Waals surface area contributed by atoms with Gasteiger partial charge in [0.1, 0.15) is 12.3 Å². The fourth-order valence-corrected chi connectivity index (χ4v) is 0.329. The Morgan fingerprint density at radius 2 is 2.09 bits per heavy atom. The summed E-state index contributed by atoms with van der Waals surface area (Å²) in [5.74, 6) is -1.85. The van der Waals surface area contributed by atoms with Gasteiger partial charge in [-0.3, -0.25) is 9.59 Å². The van der Waals surface area contributed by atoms with Gasteiger partial charge >= 0.3 is 5.97 Å². The zero-order chi connectivity index (χ0) is 8.85. The van der Waals surface area contributed by atoms with Crippen molar-refractivity contribution in [1.29, 1.82) is 0 Å². The van der Waals surface area contributed by atoms with Crippen LogP contribution < -0.4 is 5.32 Å². The number of carboxylic acids is 1. The van der Waals surface area contributed by atoms with Gasteiger partial charge in [0.2, 0.25) is 0 Å². The molecule has 0 aromatic heterocycles. The maximum Gasteiger partial charge on any atom is 0.322 e. The van der Waals surface area contributed by atoms with Crippen LogP contribution in [0.4, 0.5) is 0 Å². The first-order valence-corrected chi connectivity index (χ1v) is 2.76. The lowest BCUT2D eigenvalue weighted by atomic mass is 10.4. The molecule has 0 saturated carbocycles. The van der Waals surface area contributed by atoms with Crippen molar-refractivity contribution in [3.8, 4) is 0 Å². The molecule has 0 aromatic carbocycles. The van der Waals surface area contributed by atoms with Crippen LogP contribution in [0.2, 0.25) is 0 Å². The molecular weight excluding hydrogens is 152 g/mol. The number of oxime groups is 1. The molecule has 0 aliphatic carbocycles. The molecule has 0 saturated heterocycles. The Balaban J connectivity index is 3.80. The molecule has 0 aliphatic heterocycles. The van der Waals surface area contributed by atoms with Crippen LogP contribution in [0.1, 0.15) is 6.92 Å². The van der Waals surface area contributed by atoms with Crippen molar-refractivity contribution in [2.75, 3.05) is 6.54 Å². The molecule has 6 heteroatoms. The number of nitrogens with zero attached hydrogens (tertiary/aromatic N) is 1. The molecule has 62 valence electrons. The topological polar surface area (TPSA) is 99.0 Å². The largest absolute Gasteiger partial charge is 0.480 e. The smallest absolute Gasteiger partial charge is 0.322 e. The number of aliphatic carboxylic acids is 1. The molecule has 0 unspecified atom stereocenters. The highest BCUT2D eigenvalue weighted by Gasteiger charge is 2.06. The van der Waals surface area contributed by atoms with E-state index in [0.29, 0.717) is 0 Å². The predicted molar refractivity (Wildman–Crippen MR) is 35.5 cm³/mol. The zero-order valence-electron chi connectivity index (χ0n) is 5.87. The minimum atomic E-state index is -1.15. The summed E-state index contributed by atoms with van der Waals surface area (Å²) in [4.78, 5) is 20.5. The molecule has 1 amide bonds. The van der Waals surface area contributed by atoms with Crippen LogP contribution >= 0.6 is 0 Å². The van der Waals surface area contributed by atoms with Gasteiger partial charge in [-0.15, -0.1) is 0 Å². The quantitative estimate of drug-likeness (QED) is 0.281. The molecule has 0 atom stereocenters. The first-order chi connectivity index (χ1) is 5.07. The summed E-state index contributed by atoms with van der Waals surface area (Å²) in [6, 6.07) is 0. The summed E-state index contributed by atoms with van der Waals surface area (Å²) < 4.78 is 0. The number of carboxylic acid groups (broad SMARTS) is 1. The average Bonchev–Trinajstić information content (AvgIpc) is 1.98. The van der Waals surface area contributed by atoms with E-state index >= 15 is 0 Å². The highest BCUT2D eigenvalue weighted by molar-refractivity contribution is 6.37. The molecule has 6 nitrogen and oxygen atoms in total. The van der Waals surface area contributed by atoms with Crippen LogP contribution in [0.15, 0.2) is 5.16 Å². The van der Waals surface area contributed by atoms with E-state index in [1.165, 1.54) is 6.92 Å². The summed E-state index contributed by atoms with van der Waals surface area (Å²) in [7, 11) is 0. The van der Waals surface area contributed by atoms with Crippen molar-refractivity contribution in [3.05, 3.63) is 0 Å². The first kappa shape index (κ1) is 9.41. The number of nitrogens with one attached hydrogen (secondary N) is 1. The minimum Gasteiger partial charge on any atom is -0.480 e. The molecule has 0 spiro atoms. The fourth-order valence-electron chi connectivity index (χ4n) is 0.329. The van der Waals surface area contributed by atoms with Gasteiger partial charge in [0.05, 0.1) is 0 Å². The van der Waals surface area contributed by atoms with Crippen LogP contribution in [-0.2, 0) is 9.59 Å². The molecule has 0 heterocycles. The fraction of sp³-hybridized carbons (Fsp3) is 0.400. The van der Waals surface area contributed by atoms with Crippen molar-refractivity contribution in [3.63, 3.8) is 0 Å². The van der Waals surface area contributed by atoms with Gasteiger partial charge in [-0.25, -0.2) is 0 Å². The second-order valence-electron chi connectivity index (χ2n) is 1.76. The third kappa shape index (κ3) is 3.90. The van der Waals surface area contributed by atoms with Gasteiger partial charge in [0, 0.05) is 0 Å². The summed E-state index contributed by atoms with van der Waals surface area (Å²) in [5, 5.41) is 20.7. The Labute approximate surface area is 62.5 Å². The van der Waals surface area contributed by atoms with E-state index in [1.54, 1.807) is 0 Å². The van der Waals surface area contributed by atoms with E-state index in [2.05, 4.69) is 5.16 Å². The molecule has 0 bridgehead atoms. The third-order valence-electron chi connectivity index (χ3n) is 0.879. The van der Waals surface area contributed by atoms with Gasteiger partial charge in [-0.2, -0.15) is 0 Å². The normalized spacial score (nSPS) is 10.8. The summed E-state index contributed by atoms with van der Waals surface area (Å²) >= 11 is 0. The maximum atomic E-state index is 10.6. The van der Waals surface area contributed by atoms with Crippen LogP contribution in [-0.4, -0.2) is 34.4 Å². The summed E-state index contributed by atoms with van der Waals surface area (Å²) in [5.41, 5.74) is -0.175. The van der Waals surface area contributed by atoms with E-state index in [4.69, 9.17) is 10.3 Å². The molecule has 11 heavy (non-hydrogen) atoms. The second kappa shape index (κ2) is 4.26. The Kier molecular flexibility index (Phi) is 3.65. The molecule has 0 aromatic rings. The summed E-state index contributed by atoms with van der Waals surface area (Å²) in [6.07, 6.45) is 0. The second-order valence-corrected chi connectivity index (χ2v) is 1.76. The van der Waals surface area contributed by atoms with Crippen molar-refractivity contribution in [1.82, 2.24) is 5.32 Å². The van der Waals surface area contributed by atoms with Crippen LogP contribution in [0.25, 0.3) is 0 Å². The van der Waals surface area contributed by atoms with Crippen molar-refractivity contribution < 1.29 is 19.9 Å². The Morgan fingerprint density at radius 1 is 1.55 bits per heavy atom. The number of carbonyl (C=O) groups is 2. The van der Waals surface area contributed by atoms with E-state index in [-0.39, 0.29) is 5.71 Å². The third-order valence-corrected chi connectivity index (χ3v) is 0.879. The van der Waals surface area contributed by atoms with Gasteiger partial charge in [-0.05, 0) is 6.92 Å². The summed E-state index contributed by atoms with van der Waals surface area (Å²) in [6.45, 7) is 0.781. The van der Waals surface area contributed by atoms with Crippen LogP contribution in [0, 0.1) is 0 Å². The number of amides is 1. The van der Waals surface area contributed by atoms with Crippen molar-refractivity contribution >= 4 is 17.6 Å². The van der Waals surface area contributed by atoms with Crippen molar-refractivity contribution in [2.24, 2.45) is 5.16 Å². The number of hydrogen-bond donors (Lipinski definition) is 3. The molecular formula is C5H8N2O4. The van der Waals surface area contributed by atoms with E-state index in [0.717, 1.165) is 0 Å². The predicted octanol–water partition coefficient (Wildman–Crippen LogP) is -0.963. The van der Waals surface area contributed by atoms with Gasteiger partial charge < -0.3 is 15.6 Å². The highest BCUT2D eigenvalue weighted by atomic mass is 16.4. The van der Waals surface area contributed by atoms with E-state index in [9.17, 15) is 9.59 Å². The monoisotopic (exact) mass is 160 g/mol. The first-order valence-electron chi connectivity index (χ1n) is 2.76. The maximum absolute atomic E-state index is 10.6. The number of carbonyl (C=O) groups excluding carboxylic acids is 1. The minimum absolute atomic E-state index is 0.175. The van der Waals surface area contributed by atoms with Crippen LogP contribution in [0.3, 0.4) is 0 Å². The lowest BCUT2D eigenvalue weighted by Crippen LogP contribution is -2.33. The standard InChI is InChI=1S/C5H8N2O4/c1-3(7-11)5(10)6-2-4(8)9/h11H,2H2,1H3,(H,6,10)(H,8,9). The van der Waals surface area contributed by atoms with Crippen LogP contribution in [0.5, 0.6) is 0 Å². The number of hydrogen-bond acceptors (Lipinski definition) is 4. The average molecular weight is 160 g/mol. The van der Waals surface area contributed by atoms with Gasteiger partial charge in [-0.1, -0.05) is 5.16 Å². The lowest BCUT2D eigenvalue weighted by molar-refractivity contribution is -0.137.